The van der Waals surface area contributed by atoms with Gasteiger partial charge in [0.15, 0.2) is 5.17 Å². The molecule has 0 saturated heterocycles. The van der Waals surface area contributed by atoms with E-state index in [4.69, 9.17) is 23.2 Å². The molecule has 104 valence electrons. The molecule has 19 heavy (non-hydrogen) atoms. The molecule has 2 nitrogen and oxygen atoms in total. The van der Waals surface area contributed by atoms with Gasteiger partial charge in [-0.1, -0.05) is 67.7 Å². The lowest BCUT2D eigenvalue weighted by Crippen LogP contribution is -2.17. The molecule has 0 radical (unpaired) electrons. The number of hydrogen-bond donors (Lipinski definition) is 1. The minimum atomic E-state index is 0.554. The second-order valence-corrected chi connectivity index (χ2v) is 6.62. The van der Waals surface area contributed by atoms with Crippen LogP contribution in [-0.2, 0) is 0 Å². The van der Waals surface area contributed by atoms with E-state index in [1.807, 2.05) is 23.9 Å². The fraction of sp³-hybridized carbons (Fsp3) is 0.500. The fourth-order valence-electron chi connectivity index (χ4n) is 2.24. The summed E-state index contributed by atoms with van der Waals surface area (Å²) in [4.78, 5) is 4.57. The van der Waals surface area contributed by atoms with Crippen molar-refractivity contribution in [1.29, 1.82) is 0 Å². The van der Waals surface area contributed by atoms with Crippen LogP contribution in [0.3, 0.4) is 0 Å². The molecule has 2 rings (SSSR count). The van der Waals surface area contributed by atoms with Gasteiger partial charge in [0.1, 0.15) is 0 Å². The van der Waals surface area contributed by atoms with Crippen molar-refractivity contribution in [2.75, 3.05) is 11.9 Å². The van der Waals surface area contributed by atoms with Gasteiger partial charge in [0.2, 0.25) is 0 Å². The molecule has 0 aromatic heterocycles. The Morgan fingerprint density at radius 3 is 2.79 bits per heavy atom. The van der Waals surface area contributed by atoms with Crippen molar-refractivity contribution in [1.82, 2.24) is 0 Å². The van der Waals surface area contributed by atoms with Crippen LogP contribution in [0.1, 0.15) is 26.7 Å². The quantitative estimate of drug-likeness (QED) is 0.813. The number of thioether (sulfide) groups is 1. The highest BCUT2D eigenvalue weighted by atomic mass is 35.5. The average molecular weight is 317 g/mol. The number of anilines is 1. The SMILES string of the molecule is CCC(CC)C1CN=C(Nc2cccc(Cl)c2Cl)S1. The van der Waals surface area contributed by atoms with E-state index in [1.165, 1.54) is 12.8 Å². The van der Waals surface area contributed by atoms with Gasteiger partial charge in [-0.25, -0.2) is 0 Å². The smallest absolute Gasteiger partial charge is 0.161 e. The van der Waals surface area contributed by atoms with Crippen LogP contribution in [0.5, 0.6) is 0 Å². The number of aliphatic imine (C=N–C) groups is 1. The van der Waals surface area contributed by atoms with Crippen LogP contribution in [-0.4, -0.2) is 17.0 Å². The van der Waals surface area contributed by atoms with Crippen LogP contribution in [0.15, 0.2) is 23.2 Å². The van der Waals surface area contributed by atoms with Crippen molar-refractivity contribution in [3.63, 3.8) is 0 Å². The highest BCUT2D eigenvalue weighted by Crippen LogP contribution is 2.34. The number of amidine groups is 1. The Bertz CT molecular complexity index is 473. The number of benzene rings is 1. The molecule has 1 aliphatic rings. The Balaban J connectivity index is 2.00. The lowest BCUT2D eigenvalue weighted by Gasteiger charge is -2.18. The van der Waals surface area contributed by atoms with Gasteiger partial charge in [-0.3, -0.25) is 4.99 Å². The first-order valence-electron chi connectivity index (χ1n) is 6.57. The van der Waals surface area contributed by atoms with Crippen LogP contribution in [0.2, 0.25) is 10.0 Å². The first-order valence-corrected chi connectivity index (χ1v) is 8.21. The van der Waals surface area contributed by atoms with Crippen molar-refractivity contribution >= 4 is 45.8 Å². The summed E-state index contributed by atoms with van der Waals surface area (Å²) < 4.78 is 0. The van der Waals surface area contributed by atoms with E-state index in [0.717, 1.165) is 23.3 Å². The Labute approximate surface area is 129 Å². The third kappa shape index (κ3) is 3.59. The second kappa shape index (κ2) is 6.87. The summed E-state index contributed by atoms with van der Waals surface area (Å²) in [6.07, 6.45) is 2.41. The van der Waals surface area contributed by atoms with Crippen LogP contribution in [0.25, 0.3) is 0 Å². The molecule has 0 fully saturated rings. The minimum Gasteiger partial charge on any atom is -0.334 e. The Kier molecular flexibility index (Phi) is 5.43. The molecule has 1 N–H and O–H groups in total. The molecule has 0 saturated carbocycles. The van der Waals surface area contributed by atoms with Gasteiger partial charge >= 0.3 is 0 Å². The van der Waals surface area contributed by atoms with E-state index in [1.54, 1.807) is 6.07 Å². The molecule has 1 heterocycles. The van der Waals surface area contributed by atoms with Crippen molar-refractivity contribution in [2.45, 2.75) is 31.9 Å². The molecule has 1 aromatic carbocycles. The summed E-state index contributed by atoms with van der Waals surface area (Å²) in [6.45, 7) is 5.37. The van der Waals surface area contributed by atoms with E-state index in [2.05, 4.69) is 24.2 Å². The van der Waals surface area contributed by atoms with Gasteiger partial charge in [0, 0.05) is 5.25 Å². The largest absolute Gasteiger partial charge is 0.334 e. The van der Waals surface area contributed by atoms with E-state index in [-0.39, 0.29) is 0 Å². The minimum absolute atomic E-state index is 0.554. The van der Waals surface area contributed by atoms with E-state index < -0.39 is 0 Å². The van der Waals surface area contributed by atoms with Crippen molar-refractivity contribution in [3.8, 4) is 0 Å². The number of rotatable bonds is 4. The van der Waals surface area contributed by atoms with Gasteiger partial charge in [-0.05, 0) is 18.1 Å². The summed E-state index contributed by atoms with van der Waals surface area (Å²) in [6, 6.07) is 5.59. The predicted molar refractivity (Wildman–Crippen MR) is 87.8 cm³/mol. The van der Waals surface area contributed by atoms with Crippen LogP contribution >= 0.6 is 35.0 Å². The maximum Gasteiger partial charge on any atom is 0.161 e. The lowest BCUT2D eigenvalue weighted by molar-refractivity contribution is 0.479. The molecule has 1 unspecified atom stereocenters. The van der Waals surface area contributed by atoms with E-state index >= 15 is 0 Å². The monoisotopic (exact) mass is 316 g/mol. The molecule has 1 aromatic rings. The Morgan fingerprint density at radius 1 is 1.37 bits per heavy atom. The zero-order chi connectivity index (χ0) is 13.8. The third-order valence-electron chi connectivity index (χ3n) is 3.45. The van der Waals surface area contributed by atoms with Gasteiger partial charge in [0.05, 0.1) is 22.3 Å². The van der Waals surface area contributed by atoms with Crippen molar-refractivity contribution < 1.29 is 0 Å². The molecule has 1 aliphatic heterocycles. The molecular weight excluding hydrogens is 299 g/mol. The molecule has 5 heteroatoms. The molecule has 0 spiro atoms. The number of halogens is 2. The second-order valence-electron chi connectivity index (χ2n) is 4.61. The molecule has 0 aliphatic carbocycles. The summed E-state index contributed by atoms with van der Waals surface area (Å²) in [7, 11) is 0. The lowest BCUT2D eigenvalue weighted by atomic mass is 9.99. The van der Waals surface area contributed by atoms with Gasteiger partial charge in [-0.2, -0.15) is 0 Å². The standard InChI is InChI=1S/C14H18Cl2N2S/c1-3-9(4-2)12-8-17-14(19-12)18-11-7-5-6-10(15)13(11)16/h5-7,9,12H,3-4,8H2,1-2H3,(H,17,18). The number of nitrogens with one attached hydrogen (secondary N) is 1. The van der Waals surface area contributed by atoms with Crippen molar-refractivity contribution in [3.05, 3.63) is 28.2 Å². The summed E-state index contributed by atoms with van der Waals surface area (Å²) >= 11 is 14.0. The molecular formula is C14H18Cl2N2S. The maximum atomic E-state index is 6.17. The normalized spacial score (nSPS) is 18.8. The maximum absolute atomic E-state index is 6.17. The average Bonchev–Trinajstić information content (AvgIpc) is 2.85. The zero-order valence-corrected chi connectivity index (χ0v) is 13.4. The van der Waals surface area contributed by atoms with E-state index in [9.17, 15) is 0 Å². The van der Waals surface area contributed by atoms with Gasteiger partial charge in [0.25, 0.3) is 0 Å². The zero-order valence-electron chi connectivity index (χ0n) is 11.1. The van der Waals surface area contributed by atoms with E-state index in [0.29, 0.717) is 15.3 Å². The fourth-order valence-corrected chi connectivity index (χ4v) is 3.91. The van der Waals surface area contributed by atoms with Gasteiger partial charge < -0.3 is 5.32 Å². The van der Waals surface area contributed by atoms with Crippen LogP contribution in [0, 0.1) is 5.92 Å². The first-order chi connectivity index (χ1) is 9.15. The summed E-state index contributed by atoms with van der Waals surface area (Å²) in [5, 5.41) is 5.92. The summed E-state index contributed by atoms with van der Waals surface area (Å²) in [5.74, 6) is 0.725. The number of nitrogens with zero attached hydrogens (tertiary/aromatic N) is 1. The van der Waals surface area contributed by atoms with Gasteiger partial charge in [-0.15, -0.1) is 0 Å². The molecule has 0 amide bonds. The van der Waals surface area contributed by atoms with Crippen molar-refractivity contribution in [2.24, 2.45) is 10.9 Å². The third-order valence-corrected chi connectivity index (χ3v) is 5.56. The van der Waals surface area contributed by atoms with Crippen LogP contribution < -0.4 is 5.32 Å². The first kappa shape index (κ1) is 15.0. The highest BCUT2D eigenvalue weighted by Gasteiger charge is 2.26. The summed E-state index contributed by atoms with van der Waals surface area (Å²) in [5.41, 5.74) is 0.825. The topological polar surface area (TPSA) is 24.4 Å². The Hall–Kier alpha value is -0.380. The highest BCUT2D eigenvalue weighted by molar-refractivity contribution is 8.15. The molecule has 0 bridgehead atoms. The Morgan fingerprint density at radius 2 is 2.11 bits per heavy atom. The number of hydrogen-bond acceptors (Lipinski definition) is 3. The van der Waals surface area contributed by atoms with Crippen LogP contribution in [0.4, 0.5) is 5.69 Å². The molecule has 1 atom stereocenters. The predicted octanol–water partition coefficient (Wildman–Crippen LogP) is 5.31.